The standard InChI is InChI=1S/C10H11ClO2/c1-7(13-8(2)12)9-4-3-5-10(11)6-9/h3-7H,1-2H3/t7-/m1/s1. The van der Waals surface area contributed by atoms with E-state index < -0.39 is 0 Å². The van der Waals surface area contributed by atoms with Crippen LogP contribution in [0.15, 0.2) is 24.3 Å². The Kier molecular flexibility index (Phi) is 3.32. The highest BCUT2D eigenvalue weighted by Gasteiger charge is 2.07. The molecule has 0 aliphatic heterocycles. The molecule has 2 nitrogen and oxygen atoms in total. The Morgan fingerprint density at radius 3 is 2.77 bits per heavy atom. The largest absolute Gasteiger partial charge is 0.458 e. The van der Waals surface area contributed by atoms with Gasteiger partial charge in [-0.3, -0.25) is 4.79 Å². The molecule has 1 rings (SSSR count). The number of hydrogen-bond acceptors (Lipinski definition) is 2. The van der Waals surface area contributed by atoms with Crippen molar-refractivity contribution in [2.45, 2.75) is 20.0 Å². The number of hydrogen-bond donors (Lipinski definition) is 0. The fraction of sp³-hybridized carbons (Fsp3) is 0.300. The predicted molar refractivity (Wildman–Crippen MR) is 51.6 cm³/mol. The van der Waals surface area contributed by atoms with Crippen LogP contribution in [0.25, 0.3) is 0 Å². The van der Waals surface area contributed by atoms with Crippen molar-refractivity contribution in [3.8, 4) is 0 Å². The van der Waals surface area contributed by atoms with Gasteiger partial charge in [-0.2, -0.15) is 0 Å². The molecule has 0 spiro atoms. The van der Waals surface area contributed by atoms with Crippen LogP contribution in [-0.2, 0) is 9.53 Å². The van der Waals surface area contributed by atoms with Gasteiger partial charge in [0.1, 0.15) is 6.10 Å². The maximum Gasteiger partial charge on any atom is 0.303 e. The zero-order chi connectivity index (χ0) is 9.84. The summed E-state index contributed by atoms with van der Waals surface area (Å²) >= 11 is 5.78. The fourth-order valence-electron chi connectivity index (χ4n) is 1.08. The molecule has 0 fully saturated rings. The summed E-state index contributed by atoms with van der Waals surface area (Å²) in [5.74, 6) is -0.285. The van der Waals surface area contributed by atoms with Gasteiger partial charge in [-0.25, -0.2) is 0 Å². The Labute approximate surface area is 82.5 Å². The van der Waals surface area contributed by atoms with Crippen LogP contribution in [-0.4, -0.2) is 5.97 Å². The third-order valence-corrected chi connectivity index (χ3v) is 1.90. The first kappa shape index (κ1) is 10.1. The van der Waals surface area contributed by atoms with Crippen LogP contribution in [0.3, 0.4) is 0 Å². The molecule has 0 saturated carbocycles. The SMILES string of the molecule is CC(=O)O[C@H](C)c1cccc(Cl)c1. The number of ether oxygens (including phenoxy) is 1. The van der Waals surface area contributed by atoms with Crippen molar-refractivity contribution in [3.05, 3.63) is 34.9 Å². The summed E-state index contributed by atoms with van der Waals surface area (Å²) in [6, 6.07) is 7.28. The highest BCUT2D eigenvalue weighted by Crippen LogP contribution is 2.20. The second-order valence-electron chi connectivity index (χ2n) is 2.81. The molecular formula is C10H11ClO2. The van der Waals surface area contributed by atoms with Gasteiger partial charge in [-0.05, 0) is 24.6 Å². The van der Waals surface area contributed by atoms with E-state index in [1.807, 2.05) is 19.1 Å². The molecule has 0 aliphatic rings. The summed E-state index contributed by atoms with van der Waals surface area (Å²) in [4.78, 5) is 10.7. The molecule has 0 aromatic heterocycles. The number of benzene rings is 1. The average Bonchev–Trinajstić information content (AvgIpc) is 2.03. The number of carbonyl (C=O) groups is 1. The van der Waals surface area contributed by atoms with Gasteiger partial charge in [0.15, 0.2) is 0 Å². The van der Waals surface area contributed by atoms with E-state index in [1.54, 1.807) is 12.1 Å². The number of esters is 1. The van der Waals surface area contributed by atoms with Crippen molar-refractivity contribution in [1.82, 2.24) is 0 Å². The molecule has 70 valence electrons. The van der Waals surface area contributed by atoms with E-state index in [9.17, 15) is 4.79 Å². The average molecular weight is 199 g/mol. The van der Waals surface area contributed by atoms with E-state index in [4.69, 9.17) is 16.3 Å². The number of carbonyl (C=O) groups excluding carboxylic acids is 1. The molecule has 0 N–H and O–H groups in total. The Bertz CT molecular complexity index is 310. The van der Waals surface area contributed by atoms with Gasteiger partial charge in [-0.15, -0.1) is 0 Å². The Morgan fingerprint density at radius 2 is 2.23 bits per heavy atom. The van der Waals surface area contributed by atoms with Crippen LogP contribution in [0.5, 0.6) is 0 Å². The fourth-order valence-corrected chi connectivity index (χ4v) is 1.28. The van der Waals surface area contributed by atoms with E-state index in [-0.39, 0.29) is 12.1 Å². The maximum absolute atomic E-state index is 10.7. The Hall–Kier alpha value is -1.02. The molecule has 0 aliphatic carbocycles. The van der Waals surface area contributed by atoms with Gasteiger partial charge >= 0.3 is 5.97 Å². The van der Waals surface area contributed by atoms with E-state index in [0.29, 0.717) is 5.02 Å². The molecule has 1 aromatic rings. The van der Waals surface area contributed by atoms with E-state index in [0.717, 1.165) is 5.56 Å². The minimum Gasteiger partial charge on any atom is -0.458 e. The quantitative estimate of drug-likeness (QED) is 0.683. The zero-order valence-corrected chi connectivity index (χ0v) is 8.34. The van der Waals surface area contributed by atoms with Crippen LogP contribution in [0, 0.1) is 0 Å². The lowest BCUT2D eigenvalue weighted by Crippen LogP contribution is -2.04. The van der Waals surface area contributed by atoms with Crippen molar-refractivity contribution in [2.24, 2.45) is 0 Å². The first-order chi connectivity index (χ1) is 6.09. The Morgan fingerprint density at radius 1 is 1.54 bits per heavy atom. The second-order valence-corrected chi connectivity index (χ2v) is 3.24. The minimum absolute atomic E-state index is 0.240. The first-order valence-electron chi connectivity index (χ1n) is 4.02. The molecule has 0 unspecified atom stereocenters. The van der Waals surface area contributed by atoms with Gasteiger partial charge in [-0.1, -0.05) is 23.7 Å². The van der Waals surface area contributed by atoms with Crippen molar-refractivity contribution in [3.63, 3.8) is 0 Å². The summed E-state index contributed by atoms with van der Waals surface area (Å²) in [6.45, 7) is 3.20. The summed E-state index contributed by atoms with van der Waals surface area (Å²) in [5.41, 5.74) is 0.905. The van der Waals surface area contributed by atoms with Crippen molar-refractivity contribution < 1.29 is 9.53 Å². The minimum atomic E-state index is -0.285. The normalized spacial score (nSPS) is 12.2. The van der Waals surface area contributed by atoms with E-state index in [1.165, 1.54) is 6.92 Å². The summed E-state index contributed by atoms with van der Waals surface area (Å²) in [5, 5.41) is 0.650. The molecule has 1 aromatic carbocycles. The Balaban J connectivity index is 2.76. The van der Waals surface area contributed by atoms with E-state index in [2.05, 4.69) is 0 Å². The number of halogens is 1. The van der Waals surface area contributed by atoms with Crippen LogP contribution in [0.1, 0.15) is 25.5 Å². The molecule has 1 atom stereocenters. The van der Waals surface area contributed by atoms with Crippen LogP contribution < -0.4 is 0 Å². The molecule has 0 radical (unpaired) electrons. The lowest BCUT2D eigenvalue weighted by atomic mass is 10.1. The molecule has 0 amide bonds. The topological polar surface area (TPSA) is 26.3 Å². The van der Waals surface area contributed by atoms with Crippen molar-refractivity contribution in [2.75, 3.05) is 0 Å². The number of rotatable bonds is 2. The van der Waals surface area contributed by atoms with Crippen LogP contribution in [0.4, 0.5) is 0 Å². The van der Waals surface area contributed by atoms with E-state index >= 15 is 0 Å². The van der Waals surface area contributed by atoms with Gasteiger partial charge in [0.2, 0.25) is 0 Å². The highest BCUT2D eigenvalue weighted by atomic mass is 35.5. The highest BCUT2D eigenvalue weighted by molar-refractivity contribution is 6.30. The van der Waals surface area contributed by atoms with Gasteiger partial charge in [0.05, 0.1) is 0 Å². The lowest BCUT2D eigenvalue weighted by Gasteiger charge is -2.11. The second kappa shape index (κ2) is 4.28. The molecule has 13 heavy (non-hydrogen) atoms. The molecule has 0 heterocycles. The zero-order valence-electron chi connectivity index (χ0n) is 7.58. The summed E-state index contributed by atoms with van der Waals surface area (Å²) in [6.07, 6.45) is -0.240. The molecule has 3 heteroatoms. The smallest absolute Gasteiger partial charge is 0.303 e. The van der Waals surface area contributed by atoms with Crippen molar-refractivity contribution in [1.29, 1.82) is 0 Å². The van der Waals surface area contributed by atoms with Gasteiger partial charge in [0.25, 0.3) is 0 Å². The summed E-state index contributed by atoms with van der Waals surface area (Å²) in [7, 11) is 0. The summed E-state index contributed by atoms with van der Waals surface area (Å²) < 4.78 is 4.99. The molecule has 0 saturated heterocycles. The predicted octanol–water partition coefficient (Wildman–Crippen LogP) is 2.96. The molecule has 0 bridgehead atoms. The third-order valence-electron chi connectivity index (χ3n) is 1.66. The lowest BCUT2D eigenvalue weighted by molar-refractivity contribution is -0.145. The molecular weight excluding hydrogens is 188 g/mol. The maximum atomic E-state index is 10.7. The van der Waals surface area contributed by atoms with Gasteiger partial charge < -0.3 is 4.74 Å². The van der Waals surface area contributed by atoms with Crippen molar-refractivity contribution >= 4 is 17.6 Å². The monoisotopic (exact) mass is 198 g/mol. The third kappa shape index (κ3) is 3.07. The van der Waals surface area contributed by atoms with Crippen LogP contribution in [0.2, 0.25) is 5.02 Å². The first-order valence-corrected chi connectivity index (χ1v) is 4.40. The van der Waals surface area contributed by atoms with Gasteiger partial charge in [0, 0.05) is 11.9 Å². The van der Waals surface area contributed by atoms with Crippen LogP contribution >= 0.6 is 11.6 Å².